The number of ether oxygens (including phenoxy) is 1. The van der Waals surface area contributed by atoms with Crippen LogP contribution in [0.5, 0.6) is 0 Å². The lowest BCUT2D eigenvalue weighted by Gasteiger charge is -2.24. The summed E-state index contributed by atoms with van der Waals surface area (Å²) in [6.45, 7) is 8.27. The highest BCUT2D eigenvalue weighted by molar-refractivity contribution is 5.80. The molecule has 0 aromatic heterocycles. The molecular formula is C16H32N2O4. The van der Waals surface area contributed by atoms with E-state index in [2.05, 4.69) is 10.2 Å². The Morgan fingerprint density at radius 3 is 2.27 bits per heavy atom. The number of alkyl carbamates (subject to hydrolysis) is 1. The average Bonchev–Trinajstić information content (AvgIpc) is 2.33. The highest BCUT2D eigenvalue weighted by atomic mass is 16.6. The van der Waals surface area contributed by atoms with Gasteiger partial charge >= 0.3 is 12.1 Å². The van der Waals surface area contributed by atoms with Crippen LogP contribution in [-0.2, 0) is 9.53 Å². The van der Waals surface area contributed by atoms with Gasteiger partial charge in [0.15, 0.2) is 0 Å². The van der Waals surface area contributed by atoms with E-state index in [4.69, 9.17) is 4.74 Å². The largest absolute Gasteiger partial charge is 0.480 e. The van der Waals surface area contributed by atoms with Gasteiger partial charge in [-0.25, -0.2) is 9.59 Å². The van der Waals surface area contributed by atoms with E-state index in [1.165, 1.54) is 0 Å². The maximum Gasteiger partial charge on any atom is 0.408 e. The summed E-state index contributed by atoms with van der Waals surface area (Å²) in [6, 6.07) is -0.904. The zero-order chi connectivity index (χ0) is 17.3. The smallest absolute Gasteiger partial charge is 0.408 e. The van der Waals surface area contributed by atoms with Crippen LogP contribution < -0.4 is 5.32 Å². The SMILES string of the molecule is CCC(CCCN(C)C)CC(NC(=O)OC(C)(C)C)C(=O)O. The Labute approximate surface area is 134 Å². The summed E-state index contributed by atoms with van der Waals surface area (Å²) in [5.74, 6) is -0.743. The Hall–Kier alpha value is -1.30. The number of hydrogen-bond acceptors (Lipinski definition) is 4. The van der Waals surface area contributed by atoms with Gasteiger partial charge in [0.1, 0.15) is 11.6 Å². The number of carbonyl (C=O) groups is 2. The third-order valence-corrected chi connectivity index (χ3v) is 3.35. The van der Waals surface area contributed by atoms with Crippen molar-refractivity contribution in [3.05, 3.63) is 0 Å². The summed E-state index contributed by atoms with van der Waals surface area (Å²) in [7, 11) is 4.04. The summed E-state index contributed by atoms with van der Waals surface area (Å²) >= 11 is 0. The Morgan fingerprint density at radius 2 is 1.86 bits per heavy atom. The van der Waals surface area contributed by atoms with Crippen molar-refractivity contribution < 1.29 is 19.4 Å². The molecule has 0 aromatic carbocycles. The summed E-state index contributed by atoms with van der Waals surface area (Å²) < 4.78 is 5.13. The topological polar surface area (TPSA) is 78.9 Å². The lowest BCUT2D eigenvalue weighted by Crippen LogP contribution is -2.44. The lowest BCUT2D eigenvalue weighted by atomic mass is 9.92. The fourth-order valence-electron chi connectivity index (χ4n) is 2.19. The van der Waals surface area contributed by atoms with Crippen molar-refractivity contribution in [2.75, 3.05) is 20.6 Å². The molecule has 2 N–H and O–H groups in total. The van der Waals surface area contributed by atoms with Crippen LogP contribution >= 0.6 is 0 Å². The maximum atomic E-state index is 11.7. The van der Waals surface area contributed by atoms with E-state index in [-0.39, 0.29) is 5.92 Å². The first-order valence-corrected chi connectivity index (χ1v) is 7.92. The number of hydrogen-bond donors (Lipinski definition) is 2. The summed E-state index contributed by atoms with van der Waals surface area (Å²) in [5, 5.41) is 11.8. The van der Waals surface area contributed by atoms with E-state index < -0.39 is 23.7 Å². The minimum absolute atomic E-state index is 0.274. The lowest BCUT2D eigenvalue weighted by molar-refractivity contribution is -0.140. The van der Waals surface area contributed by atoms with Crippen LogP contribution in [0.25, 0.3) is 0 Å². The molecule has 0 saturated carbocycles. The Kier molecular flexibility index (Phi) is 9.09. The van der Waals surface area contributed by atoms with Crippen LogP contribution in [0.1, 0.15) is 53.4 Å². The standard InChI is InChI=1S/C16H32N2O4/c1-7-12(9-8-10-18(5)6)11-13(14(19)20)17-15(21)22-16(2,3)4/h12-13H,7-11H2,1-6H3,(H,17,21)(H,19,20). The molecule has 2 atom stereocenters. The van der Waals surface area contributed by atoms with Gasteiger partial charge in [-0.05, 0) is 66.6 Å². The predicted molar refractivity (Wildman–Crippen MR) is 87.0 cm³/mol. The van der Waals surface area contributed by atoms with Crippen LogP contribution in [0, 0.1) is 5.92 Å². The number of carboxylic acid groups (broad SMARTS) is 1. The maximum absolute atomic E-state index is 11.7. The molecule has 0 aliphatic rings. The van der Waals surface area contributed by atoms with Crippen molar-refractivity contribution in [3.8, 4) is 0 Å². The molecule has 1 amide bonds. The van der Waals surface area contributed by atoms with Crippen molar-refractivity contribution in [1.29, 1.82) is 0 Å². The van der Waals surface area contributed by atoms with Crippen LogP contribution in [0.15, 0.2) is 0 Å². The highest BCUT2D eigenvalue weighted by Gasteiger charge is 2.26. The predicted octanol–water partition coefficient (Wildman–Crippen LogP) is 2.72. The summed E-state index contributed by atoms with van der Waals surface area (Å²) in [4.78, 5) is 25.2. The number of carboxylic acids is 1. The quantitative estimate of drug-likeness (QED) is 0.684. The van der Waals surface area contributed by atoms with Crippen molar-refractivity contribution >= 4 is 12.1 Å². The molecule has 0 aromatic rings. The summed E-state index contributed by atoms with van der Waals surface area (Å²) in [5.41, 5.74) is -0.636. The summed E-state index contributed by atoms with van der Waals surface area (Å²) in [6.07, 6.45) is 2.62. The van der Waals surface area contributed by atoms with Crippen molar-refractivity contribution in [2.45, 2.75) is 65.0 Å². The third kappa shape index (κ3) is 10.4. The van der Waals surface area contributed by atoms with Gasteiger partial charge < -0.3 is 20.1 Å². The Bertz CT molecular complexity index is 351. The minimum Gasteiger partial charge on any atom is -0.480 e. The molecule has 0 bridgehead atoms. The van der Waals surface area contributed by atoms with Crippen molar-refractivity contribution in [3.63, 3.8) is 0 Å². The molecule has 6 heteroatoms. The van der Waals surface area contributed by atoms with E-state index in [1.54, 1.807) is 20.8 Å². The second-order valence-corrected chi connectivity index (χ2v) is 6.99. The average molecular weight is 316 g/mol. The van der Waals surface area contributed by atoms with Crippen LogP contribution in [0.4, 0.5) is 4.79 Å². The zero-order valence-corrected chi connectivity index (χ0v) is 14.8. The minimum atomic E-state index is -1.02. The van der Waals surface area contributed by atoms with Crippen LogP contribution in [-0.4, -0.2) is 54.4 Å². The molecule has 0 aliphatic heterocycles. The van der Waals surface area contributed by atoms with Gasteiger partial charge in [0.05, 0.1) is 0 Å². The molecule has 0 saturated heterocycles. The third-order valence-electron chi connectivity index (χ3n) is 3.35. The fourth-order valence-corrected chi connectivity index (χ4v) is 2.19. The Balaban J connectivity index is 4.48. The van der Waals surface area contributed by atoms with Gasteiger partial charge in [-0.2, -0.15) is 0 Å². The molecule has 2 unspecified atom stereocenters. The van der Waals surface area contributed by atoms with Gasteiger partial charge in [-0.3, -0.25) is 0 Å². The van der Waals surface area contributed by atoms with Crippen LogP contribution in [0.2, 0.25) is 0 Å². The van der Waals surface area contributed by atoms with E-state index in [9.17, 15) is 14.7 Å². The number of nitrogens with zero attached hydrogens (tertiary/aromatic N) is 1. The van der Waals surface area contributed by atoms with E-state index in [1.807, 2.05) is 21.0 Å². The molecule has 0 heterocycles. The molecule has 0 rings (SSSR count). The monoisotopic (exact) mass is 316 g/mol. The number of rotatable bonds is 9. The second kappa shape index (κ2) is 9.66. The molecule has 6 nitrogen and oxygen atoms in total. The first kappa shape index (κ1) is 20.7. The molecule has 22 heavy (non-hydrogen) atoms. The normalized spacial score (nSPS) is 14.5. The van der Waals surface area contributed by atoms with E-state index >= 15 is 0 Å². The van der Waals surface area contributed by atoms with E-state index in [0.717, 1.165) is 25.8 Å². The number of carbonyl (C=O) groups excluding carboxylic acids is 1. The van der Waals surface area contributed by atoms with Crippen molar-refractivity contribution in [1.82, 2.24) is 10.2 Å². The van der Waals surface area contributed by atoms with E-state index in [0.29, 0.717) is 6.42 Å². The first-order valence-electron chi connectivity index (χ1n) is 7.92. The van der Waals surface area contributed by atoms with Gasteiger partial charge in [0.25, 0.3) is 0 Å². The van der Waals surface area contributed by atoms with Gasteiger partial charge in [-0.15, -0.1) is 0 Å². The zero-order valence-electron chi connectivity index (χ0n) is 14.8. The second-order valence-electron chi connectivity index (χ2n) is 6.99. The Morgan fingerprint density at radius 1 is 1.27 bits per heavy atom. The number of amides is 1. The molecule has 130 valence electrons. The molecule has 0 fully saturated rings. The van der Waals surface area contributed by atoms with Gasteiger partial charge in [-0.1, -0.05) is 13.3 Å². The number of nitrogens with one attached hydrogen (secondary N) is 1. The van der Waals surface area contributed by atoms with Crippen molar-refractivity contribution in [2.24, 2.45) is 5.92 Å². The molecular weight excluding hydrogens is 284 g/mol. The number of aliphatic carboxylic acids is 1. The molecule has 0 aliphatic carbocycles. The molecule has 0 radical (unpaired) electrons. The first-order chi connectivity index (χ1) is 10.0. The highest BCUT2D eigenvalue weighted by Crippen LogP contribution is 2.18. The molecule has 0 spiro atoms. The van der Waals surface area contributed by atoms with Gasteiger partial charge in [0.2, 0.25) is 0 Å². The van der Waals surface area contributed by atoms with Crippen LogP contribution in [0.3, 0.4) is 0 Å². The van der Waals surface area contributed by atoms with Gasteiger partial charge in [0, 0.05) is 0 Å². The fraction of sp³-hybridized carbons (Fsp3) is 0.875.